The van der Waals surface area contributed by atoms with E-state index in [-0.39, 0.29) is 0 Å². The lowest BCUT2D eigenvalue weighted by Gasteiger charge is -2.13. The first-order chi connectivity index (χ1) is 10.3. The van der Waals surface area contributed by atoms with Gasteiger partial charge in [-0.2, -0.15) is 0 Å². The fourth-order valence-corrected chi connectivity index (χ4v) is 2.32. The van der Waals surface area contributed by atoms with Crippen LogP contribution >= 0.6 is 0 Å². The second kappa shape index (κ2) is 4.45. The summed E-state index contributed by atoms with van der Waals surface area (Å²) in [7, 11) is 0. The molecule has 0 radical (unpaired) electrons. The molecule has 1 aliphatic heterocycles. The van der Waals surface area contributed by atoms with Crippen molar-refractivity contribution in [1.29, 1.82) is 0 Å². The Labute approximate surface area is 120 Å². The highest BCUT2D eigenvalue weighted by atomic mass is 15.4. The highest BCUT2D eigenvalue weighted by molar-refractivity contribution is 5.84. The average Bonchev–Trinajstić information content (AvgIpc) is 2.75. The van der Waals surface area contributed by atoms with Gasteiger partial charge in [-0.1, -0.05) is 12.2 Å². The number of nitrogens with two attached hydrogens (primary N) is 1. The van der Waals surface area contributed by atoms with Gasteiger partial charge < -0.3 is 5.73 Å². The molecule has 0 saturated heterocycles. The summed E-state index contributed by atoms with van der Waals surface area (Å²) in [6, 6.07) is 5.70. The molecule has 0 unspecified atom stereocenters. The molecule has 0 fully saturated rings. The summed E-state index contributed by atoms with van der Waals surface area (Å²) in [6.07, 6.45) is 13.4. The SMILES string of the molecule is Nc1ccc2cnc3nnc(N4C=CC=CC=C4)n3c2c1. The van der Waals surface area contributed by atoms with Crippen LogP contribution in [-0.2, 0) is 0 Å². The molecule has 0 aliphatic carbocycles. The minimum atomic E-state index is 0.544. The minimum Gasteiger partial charge on any atom is -0.399 e. The average molecular weight is 276 g/mol. The molecule has 6 nitrogen and oxygen atoms in total. The number of nitrogen functional groups attached to an aromatic ring is 1. The molecule has 1 aliphatic rings. The molecule has 4 rings (SSSR count). The number of hydrogen-bond acceptors (Lipinski definition) is 5. The van der Waals surface area contributed by atoms with Crippen molar-refractivity contribution in [2.75, 3.05) is 10.6 Å². The molecule has 3 aromatic rings. The van der Waals surface area contributed by atoms with E-state index in [1.54, 1.807) is 6.20 Å². The van der Waals surface area contributed by atoms with Crippen LogP contribution in [0.5, 0.6) is 0 Å². The number of allylic oxidation sites excluding steroid dienone is 4. The van der Waals surface area contributed by atoms with Gasteiger partial charge in [-0.15, -0.1) is 10.2 Å². The van der Waals surface area contributed by atoms with Crippen molar-refractivity contribution in [2.24, 2.45) is 0 Å². The van der Waals surface area contributed by atoms with E-state index in [4.69, 9.17) is 5.73 Å². The Morgan fingerprint density at radius 3 is 2.57 bits per heavy atom. The van der Waals surface area contributed by atoms with Gasteiger partial charge in [0.1, 0.15) is 0 Å². The van der Waals surface area contributed by atoms with Gasteiger partial charge >= 0.3 is 0 Å². The maximum absolute atomic E-state index is 5.91. The quantitative estimate of drug-likeness (QED) is 0.690. The standard InChI is InChI=1S/C15H12N6/c16-12-6-5-11-10-17-14-18-19-15(21(14)13(11)9-12)20-7-3-1-2-4-8-20/h1-10H,16H2. The number of anilines is 2. The Morgan fingerprint density at radius 2 is 1.76 bits per heavy atom. The van der Waals surface area contributed by atoms with Gasteiger partial charge in [-0.3, -0.25) is 4.90 Å². The summed E-state index contributed by atoms with van der Waals surface area (Å²) in [5.74, 6) is 1.21. The number of nitrogens with zero attached hydrogens (tertiary/aromatic N) is 5. The Hall–Kier alpha value is -3.15. The molecule has 2 N–H and O–H groups in total. The lowest BCUT2D eigenvalue weighted by Crippen LogP contribution is -2.11. The highest BCUT2D eigenvalue weighted by Crippen LogP contribution is 2.23. The Balaban J connectivity index is 2.03. The third kappa shape index (κ3) is 1.85. The third-order valence-corrected chi connectivity index (χ3v) is 3.30. The van der Waals surface area contributed by atoms with Crippen molar-refractivity contribution in [3.63, 3.8) is 0 Å². The normalized spacial score (nSPS) is 14.2. The number of fused-ring (bicyclic) bond motifs is 3. The lowest BCUT2D eigenvalue weighted by atomic mass is 10.2. The van der Waals surface area contributed by atoms with Crippen molar-refractivity contribution >= 4 is 28.3 Å². The smallest absolute Gasteiger partial charge is 0.256 e. The van der Waals surface area contributed by atoms with Crippen molar-refractivity contribution in [2.45, 2.75) is 0 Å². The number of hydrogen-bond donors (Lipinski definition) is 1. The second-order valence-electron chi connectivity index (χ2n) is 4.69. The van der Waals surface area contributed by atoms with Gasteiger partial charge in [0.15, 0.2) is 0 Å². The molecule has 102 valence electrons. The Kier molecular flexibility index (Phi) is 2.47. The van der Waals surface area contributed by atoms with E-state index in [1.165, 1.54) is 0 Å². The lowest BCUT2D eigenvalue weighted by molar-refractivity contribution is 1.05. The van der Waals surface area contributed by atoms with Gasteiger partial charge in [0, 0.05) is 29.7 Å². The second-order valence-corrected chi connectivity index (χ2v) is 4.69. The summed E-state index contributed by atoms with van der Waals surface area (Å²) in [6.45, 7) is 0. The van der Waals surface area contributed by atoms with E-state index in [9.17, 15) is 0 Å². The van der Waals surface area contributed by atoms with E-state index < -0.39 is 0 Å². The first-order valence-electron chi connectivity index (χ1n) is 6.52. The zero-order valence-electron chi connectivity index (χ0n) is 11.1. The molecular formula is C15H12N6. The molecule has 0 atom stereocenters. The van der Waals surface area contributed by atoms with Crippen molar-refractivity contribution in [3.8, 4) is 0 Å². The van der Waals surface area contributed by atoms with Gasteiger partial charge in [-0.05, 0) is 30.4 Å². The van der Waals surface area contributed by atoms with Gasteiger partial charge in [0.25, 0.3) is 5.78 Å². The number of aromatic nitrogens is 4. The van der Waals surface area contributed by atoms with E-state index in [2.05, 4.69) is 15.2 Å². The molecule has 1 aromatic carbocycles. The molecule has 0 spiro atoms. The maximum Gasteiger partial charge on any atom is 0.256 e. The minimum absolute atomic E-state index is 0.544. The van der Waals surface area contributed by atoms with Crippen molar-refractivity contribution < 1.29 is 0 Å². The van der Waals surface area contributed by atoms with Crippen LogP contribution in [0.4, 0.5) is 11.6 Å². The topological polar surface area (TPSA) is 72.3 Å². The summed E-state index contributed by atoms with van der Waals surface area (Å²) >= 11 is 0. The molecule has 3 heterocycles. The van der Waals surface area contributed by atoms with Crippen LogP contribution in [0.1, 0.15) is 0 Å². The monoisotopic (exact) mass is 276 g/mol. The Bertz CT molecular complexity index is 902. The molecule has 21 heavy (non-hydrogen) atoms. The van der Waals surface area contributed by atoms with E-state index >= 15 is 0 Å². The molecule has 0 bridgehead atoms. The Morgan fingerprint density at radius 1 is 0.952 bits per heavy atom. The van der Waals surface area contributed by atoms with E-state index in [0.29, 0.717) is 17.4 Å². The van der Waals surface area contributed by atoms with E-state index in [0.717, 1.165) is 10.9 Å². The van der Waals surface area contributed by atoms with Gasteiger partial charge in [0.2, 0.25) is 5.95 Å². The van der Waals surface area contributed by atoms with Crippen LogP contribution in [-0.4, -0.2) is 19.6 Å². The maximum atomic E-state index is 5.91. The largest absolute Gasteiger partial charge is 0.399 e. The molecule has 6 heteroatoms. The zero-order chi connectivity index (χ0) is 14.2. The first kappa shape index (κ1) is 11.7. The predicted molar refractivity (Wildman–Crippen MR) is 82.6 cm³/mol. The van der Waals surface area contributed by atoms with Crippen LogP contribution < -0.4 is 10.6 Å². The van der Waals surface area contributed by atoms with Crippen LogP contribution in [0, 0.1) is 0 Å². The van der Waals surface area contributed by atoms with Crippen LogP contribution in [0.3, 0.4) is 0 Å². The number of rotatable bonds is 1. The number of benzene rings is 1. The summed E-state index contributed by atoms with van der Waals surface area (Å²) in [4.78, 5) is 6.23. The fourth-order valence-electron chi connectivity index (χ4n) is 2.32. The summed E-state index contributed by atoms with van der Waals surface area (Å²) in [5.41, 5.74) is 7.53. The predicted octanol–water partition coefficient (Wildman–Crippen LogP) is 2.26. The van der Waals surface area contributed by atoms with E-state index in [1.807, 2.05) is 64.2 Å². The van der Waals surface area contributed by atoms with Crippen molar-refractivity contribution in [1.82, 2.24) is 19.6 Å². The third-order valence-electron chi connectivity index (χ3n) is 3.30. The highest BCUT2D eigenvalue weighted by Gasteiger charge is 2.13. The first-order valence-corrected chi connectivity index (χ1v) is 6.52. The molecular weight excluding hydrogens is 264 g/mol. The molecule has 2 aromatic heterocycles. The van der Waals surface area contributed by atoms with Crippen LogP contribution in [0.15, 0.2) is 61.1 Å². The summed E-state index contributed by atoms with van der Waals surface area (Å²) < 4.78 is 1.89. The molecule has 0 saturated carbocycles. The zero-order valence-corrected chi connectivity index (χ0v) is 11.1. The fraction of sp³-hybridized carbons (Fsp3) is 0. The van der Waals surface area contributed by atoms with Crippen molar-refractivity contribution in [3.05, 3.63) is 61.1 Å². The summed E-state index contributed by atoms with van der Waals surface area (Å²) in [5, 5.41) is 9.37. The van der Waals surface area contributed by atoms with Crippen LogP contribution in [0.2, 0.25) is 0 Å². The van der Waals surface area contributed by atoms with Gasteiger partial charge in [0.05, 0.1) is 5.52 Å². The van der Waals surface area contributed by atoms with Gasteiger partial charge in [-0.25, -0.2) is 9.38 Å². The van der Waals surface area contributed by atoms with Crippen LogP contribution in [0.25, 0.3) is 16.7 Å². The molecule has 0 amide bonds.